The van der Waals surface area contributed by atoms with Crippen molar-refractivity contribution < 1.29 is 28.3 Å². The van der Waals surface area contributed by atoms with Crippen LogP contribution in [0.2, 0.25) is 0 Å². The van der Waals surface area contributed by atoms with Crippen LogP contribution in [0.25, 0.3) is 11.2 Å². The Bertz CT molecular complexity index is 930. The molecular formula is C10H11BrN5O7P. The van der Waals surface area contributed by atoms with Gasteiger partial charge >= 0.3 is 7.82 Å². The lowest BCUT2D eigenvalue weighted by Crippen LogP contribution is -2.39. The zero-order chi connectivity index (χ0) is 17.2. The third-order valence-corrected chi connectivity index (χ3v) is 5.29. The molecule has 1 unspecified atom stereocenters. The van der Waals surface area contributed by atoms with Crippen molar-refractivity contribution in [3.8, 4) is 0 Å². The molecule has 0 aromatic carbocycles. The van der Waals surface area contributed by atoms with Crippen LogP contribution in [0.4, 0.5) is 5.95 Å². The van der Waals surface area contributed by atoms with Crippen LogP contribution in [0.5, 0.6) is 0 Å². The molecule has 2 aliphatic rings. The second-order valence-corrected chi connectivity index (χ2v) is 7.38. The molecule has 4 heterocycles. The van der Waals surface area contributed by atoms with Crippen molar-refractivity contribution in [1.29, 1.82) is 0 Å². The van der Waals surface area contributed by atoms with E-state index in [1.54, 1.807) is 0 Å². The van der Waals surface area contributed by atoms with Gasteiger partial charge in [0.15, 0.2) is 22.1 Å². The number of fused-ring (bicyclic) bond motifs is 2. The van der Waals surface area contributed by atoms with Gasteiger partial charge < -0.3 is 20.5 Å². The predicted octanol–water partition coefficient (Wildman–Crippen LogP) is -0.762. The van der Waals surface area contributed by atoms with Gasteiger partial charge in [0, 0.05) is 0 Å². The van der Waals surface area contributed by atoms with E-state index < -0.39 is 37.9 Å². The first kappa shape index (κ1) is 16.1. The summed E-state index contributed by atoms with van der Waals surface area (Å²) >= 11 is 3.18. The Kier molecular flexibility index (Phi) is 3.58. The summed E-state index contributed by atoms with van der Waals surface area (Å²) in [6, 6.07) is 0. The molecule has 0 saturated carbocycles. The third kappa shape index (κ3) is 2.40. The largest absolute Gasteiger partial charge is 0.472 e. The lowest BCUT2D eigenvalue weighted by atomic mass is 10.1. The van der Waals surface area contributed by atoms with E-state index >= 15 is 0 Å². The van der Waals surface area contributed by atoms with Crippen LogP contribution in [0.1, 0.15) is 6.23 Å². The highest BCUT2D eigenvalue weighted by Gasteiger charge is 2.53. The molecule has 130 valence electrons. The van der Waals surface area contributed by atoms with Crippen molar-refractivity contribution in [2.75, 3.05) is 12.3 Å². The number of aromatic nitrogens is 4. The monoisotopic (exact) mass is 423 g/mol. The van der Waals surface area contributed by atoms with Crippen LogP contribution in [-0.2, 0) is 18.3 Å². The van der Waals surface area contributed by atoms with Gasteiger partial charge in [-0.25, -0.2) is 9.55 Å². The quantitative estimate of drug-likeness (QED) is 0.336. The summed E-state index contributed by atoms with van der Waals surface area (Å²) in [7, 11) is -4.24. The van der Waals surface area contributed by atoms with Crippen LogP contribution >= 0.6 is 23.8 Å². The van der Waals surface area contributed by atoms with Crippen molar-refractivity contribution in [3.63, 3.8) is 0 Å². The molecule has 2 aromatic rings. The number of anilines is 1. The Morgan fingerprint density at radius 2 is 2.21 bits per heavy atom. The van der Waals surface area contributed by atoms with Crippen LogP contribution in [0, 0.1) is 0 Å². The number of nitrogen functional groups attached to an aromatic ring is 1. The predicted molar refractivity (Wildman–Crippen MR) is 80.8 cm³/mol. The van der Waals surface area contributed by atoms with E-state index in [9.17, 15) is 19.4 Å². The standard InChI is InChI=1S/C10H11BrN5O7P/c11-9-13-3-6(14-10(12)15-7(3)18)16(9)8-4(17)5-2(22-8)1-21-24(19,20)23-5/h2,4-5,8,17H,1H2,(H,19,20)(H3,12,14,15,18)/t2-,4+,5+,8+/m0/s1. The maximum Gasteiger partial charge on any atom is 0.472 e. The van der Waals surface area contributed by atoms with E-state index in [1.807, 2.05) is 0 Å². The molecule has 5 N–H and O–H groups in total. The molecule has 2 aliphatic heterocycles. The molecule has 2 aromatic heterocycles. The molecule has 5 atom stereocenters. The Balaban J connectivity index is 1.80. The molecule has 2 fully saturated rings. The number of nitrogens with zero attached hydrogens (tertiary/aromatic N) is 3. The zero-order valence-corrected chi connectivity index (χ0v) is 14.2. The van der Waals surface area contributed by atoms with E-state index in [1.165, 1.54) is 4.57 Å². The normalized spacial score (nSPS) is 36.1. The second-order valence-electron chi connectivity index (χ2n) is 5.26. The molecular weight excluding hydrogens is 413 g/mol. The summed E-state index contributed by atoms with van der Waals surface area (Å²) in [5.74, 6) is -0.134. The summed E-state index contributed by atoms with van der Waals surface area (Å²) in [4.78, 5) is 31.7. The molecule has 2 saturated heterocycles. The van der Waals surface area contributed by atoms with Crippen LogP contribution in [-0.4, -0.2) is 54.4 Å². The van der Waals surface area contributed by atoms with E-state index in [2.05, 4.69) is 35.4 Å². The number of nitrogens with two attached hydrogens (primary N) is 1. The van der Waals surface area contributed by atoms with Crippen LogP contribution in [0.15, 0.2) is 9.53 Å². The summed E-state index contributed by atoms with van der Waals surface area (Å²) in [5, 5.41) is 10.5. The fraction of sp³-hybridized carbons (Fsp3) is 0.500. The lowest BCUT2D eigenvalue weighted by Gasteiger charge is -2.27. The molecule has 0 amide bonds. The number of aliphatic hydroxyl groups excluding tert-OH is 1. The molecule has 0 bridgehead atoms. The molecule has 14 heteroatoms. The lowest BCUT2D eigenvalue weighted by molar-refractivity contribution is -0.0669. The molecule has 4 rings (SSSR count). The number of ether oxygens (including phenoxy) is 1. The number of phosphoric acid groups is 1. The number of aliphatic hydroxyl groups is 1. The Hall–Kier alpha value is -1.34. The van der Waals surface area contributed by atoms with Gasteiger partial charge in [-0.2, -0.15) is 4.98 Å². The topological polar surface area (TPSA) is 175 Å². The summed E-state index contributed by atoms with van der Waals surface area (Å²) < 4.78 is 28.2. The van der Waals surface area contributed by atoms with Crippen molar-refractivity contribution >= 4 is 40.9 Å². The Morgan fingerprint density at radius 1 is 1.46 bits per heavy atom. The number of nitrogens with one attached hydrogen (secondary N) is 1. The number of hydrogen-bond acceptors (Lipinski definition) is 9. The van der Waals surface area contributed by atoms with E-state index in [-0.39, 0.29) is 28.5 Å². The highest BCUT2D eigenvalue weighted by atomic mass is 79.9. The fourth-order valence-corrected chi connectivity index (χ4v) is 4.26. The van der Waals surface area contributed by atoms with Gasteiger partial charge in [-0.15, -0.1) is 0 Å². The van der Waals surface area contributed by atoms with E-state index in [0.29, 0.717) is 0 Å². The van der Waals surface area contributed by atoms with Crippen molar-refractivity contribution in [1.82, 2.24) is 19.5 Å². The average Bonchev–Trinajstić information content (AvgIpc) is 2.96. The zero-order valence-electron chi connectivity index (χ0n) is 11.7. The third-order valence-electron chi connectivity index (χ3n) is 3.75. The molecule has 12 nitrogen and oxygen atoms in total. The van der Waals surface area contributed by atoms with E-state index in [4.69, 9.17) is 15.0 Å². The highest BCUT2D eigenvalue weighted by Crippen LogP contribution is 2.52. The van der Waals surface area contributed by atoms with E-state index in [0.717, 1.165) is 0 Å². The van der Waals surface area contributed by atoms with Crippen molar-refractivity contribution in [2.45, 2.75) is 24.5 Å². The average molecular weight is 424 g/mol. The molecule has 0 radical (unpaired) electrons. The SMILES string of the molecule is Nc1nc2c(nc(Br)n2[C@@H]2O[C@H]3COP(=O)(O)O[C@H]3[C@H]2O)c(=O)[nH]1. The number of imidazole rings is 1. The van der Waals surface area contributed by atoms with Crippen LogP contribution in [0.3, 0.4) is 0 Å². The number of hydrogen-bond donors (Lipinski definition) is 4. The fourth-order valence-electron chi connectivity index (χ4n) is 2.75. The van der Waals surface area contributed by atoms with Gasteiger partial charge in [0.1, 0.15) is 18.3 Å². The molecule has 0 spiro atoms. The number of halogens is 1. The van der Waals surface area contributed by atoms with Gasteiger partial charge in [0.25, 0.3) is 5.56 Å². The minimum absolute atomic E-state index is 0.00764. The van der Waals surface area contributed by atoms with Crippen LogP contribution < -0.4 is 11.3 Å². The first-order valence-corrected chi connectivity index (χ1v) is 8.98. The van der Waals surface area contributed by atoms with Gasteiger partial charge in [-0.3, -0.25) is 23.4 Å². The van der Waals surface area contributed by atoms with Gasteiger partial charge in [-0.05, 0) is 15.9 Å². The highest BCUT2D eigenvalue weighted by molar-refractivity contribution is 9.10. The number of aromatic amines is 1. The maximum atomic E-state index is 11.9. The summed E-state index contributed by atoms with van der Waals surface area (Å²) in [5.41, 5.74) is 5.07. The number of rotatable bonds is 1. The minimum atomic E-state index is -4.24. The number of H-pyrrole nitrogens is 1. The smallest absolute Gasteiger partial charge is 0.386 e. The second kappa shape index (κ2) is 5.33. The Labute approximate surface area is 141 Å². The Morgan fingerprint density at radius 3 is 2.96 bits per heavy atom. The van der Waals surface area contributed by atoms with Gasteiger partial charge in [0.05, 0.1) is 6.61 Å². The van der Waals surface area contributed by atoms with Crippen molar-refractivity contribution in [2.24, 2.45) is 0 Å². The summed E-state index contributed by atoms with van der Waals surface area (Å²) in [6.07, 6.45) is -4.25. The van der Waals surface area contributed by atoms with Crippen molar-refractivity contribution in [3.05, 3.63) is 15.1 Å². The number of phosphoric ester groups is 1. The molecule has 24 heavy (non-hydrogen) atoms. The van der Waals surface area contributed by atoms with Gasteiger partial charge in [-0.1, -0.05) is 0 Å². The van der Waals surface area contributed by atoms with Gasteiger partial charge in [0.2, 0.25) is 5.95 Å². The first-order chi connectivity index (χ1) is 11.3. The first-order valence-electron chi connectivity index (χ1n) is 6.69. The maximum absolute atomic E-state index is 11.9. The summed E-state index contributed by atoms with van der Waals surface area (Å²) in [6.45, 7) is -0.230. The molecule has 0 aliphatic carbocycles. The minimum Gasteiger partial charge on any atom is -0.386 e.